The number of benzene rings is 2. The number of methoxy groups -OCH3 is 2. The molecule has 1 heterocycles. The van der Waals surface area contributed by atoms with E-state index >= 15 is 0 Å². The first-order chi connectivity index (χ1) is 12.0. The first-order valence-corrected chi connectivity index (χ1v) is 8.06. The van der Waals surface area contributed by atoms with E-state index in [1.54, 1.807) is 26.4 Å². The molecule has 0 aliphatic carbocycles. The number of carbonyl (C=O) groups excluding carboxylic acids is 1. The normalized spacial score (nSPS) is 17.0. The van der Waals surface area contributed by atoms with Gasteiger partial charge >= 0.3 is 0 Å². The van der Waals surface area contributed by atoms with Gasteiger partial charge in [-0.05, 0) is 29.8 Å². The molecule has 3 N–H and O–H groups in total. The SMILES string of the molecule is COc1ccc(OC)c2c1CN(Cc1ccc(C(N)=O)cc1)C[C@@H]2O. The Bertz CT molecular complexity index is 774. The van der Waals surface area contributed by atoms with Crippen LogP contribution in [0.25, 0.3) is 0 Å². The van der Waals surface area contributed by atoms with Gasteiger partial charge in [-0.15, -0.1) is 0 Å². The highest BCUT2D eigenvalue weighted by Gasteiger charge is 2.29. The number of β-amino-alcohol motifs (C(OH)–C–C–N with tert-alkyl or cyclic N) is 1. The number of carbonyl (C=O) groups is 1. The maximum absolute atomic E-state index is 11.2. The summed E-state index contributed by atoms with van der Waals surface area (Å²) in [7, 11) is 3.22. The lowest BCUT2D eigenvalue weighted by Crippen LogP contribution is -2.33. The van der Waals surface area contributed by atoms with E-state index in [9.17, 15) is 9.90 Å². The molecule has 1 aliphatic rings. The number of fused-ring (bicyclic) bond motifs is 1. The smallest absolute Gasteiger partial charge is 0.248 e. The number of primary amides is 1. The Kier molecular flexibility index (Phi) is 4.92. The van der Waals surface area contributed by atoms with E-state index in [4.69, 9.17) is 15.2 Å². The summed E-state index contributed by atoms with van der Waals surface area (Å²) in [6, 6.07) is 10.9. The Balaban J connectivity index is 1.84. The summed E-state index contributed by atoms with van der Waals surface area (Å²) in [6.07, 6.45) is -0.654. The van der Waals surface area contributed by atoms with Gasteiger partial charge in [0.15, 0.2) is 0 Å². The lowest BCUT2D eigenvalue weighted by Gasteiger charge is -2.34. The maximum Gasteiger partial charge on any atom is 0.248 e. The fourth-order valence-electron chi connectivity index (χ4n) is 3.30. The molecule has 1 aliphatic heterocycles. The number of hydrogen-bond donors (Lipinski definition) is 2. The van der Waals surface area contributed by atoms with Gasteiger partial charge in [-0.1, -0.05) is 12.1 Å². The van der Waals surface area contributed by atoms with Crippen LogP contribution < -0.4 is 15.2 Å². The Hall–Kier alpha value is -2.57. The van der Waals surface area contributed by atoms with Gasteiger partial charge in [0.05, 0.1) is 20.3 Å². The monoisotopic (exact) mass is 342 g/mol. The molecule has 0 fully saturated rings. The van der Waals surface area contributed by atoms with E-state index in [1.807, 2.05) is 24.3 Å². The molecular weight excluding hydrogens is 320 g/mol. The first kappa shape index (κ1) is 17.3. The minimum absolute atomic E-state index is 0.439. The number of nitrogens with two attached hydrogens (primary N) is 1. The van der Waals surface area contributed by atoms with E-state index in [2.05, 4.69) is 4.90 Å². The van der Waals surface area contributed by atoms with E-state index in [0.29, 0.717) is 30.9 Å². The van der Waals surface area contributed by atoms with Gasteiger partial charge in [0.2, 0.25) is 5.91 Å². The minimum atomic E-state index is -0.654. The second-order valence-corrected chi connectivity index (χ2v) is 6.11. The molecule has 0 radical (unpaired) electrons. The van der Waals surface area contributed by atoms with E-state index in [0.717, 1.165) is 22.4 Å². The van der Waals surface area contributed by atoms with Gasteiger partial charge in [0.25, 0.3) is 0 Å². The Labute approximate surface area is 146 Å². The van der Waals surface area contributed by atoms with Crippen LogP contribution in [-0.2, 0) is 13.1 Å². The number of nitrogens with zero attached hydrogens (tertiary/aromatic N) is 1. The fraction of sp³-hybridized carbons (Fsp3) is 0.316. The number of rotatable bonds is 5. The zero-order chi connectivity index (χ0) is 18.0. The molecule has 6 nitrogen and oxygen atoms in total. The number of ether oxygens (including phenoxy) is 2. The van der Waals surface area contributed by atoms with Gasteiger partial charge < -0.3 is 20.3 Å². The molecule has 2 aromatic carbocycles. The second-order valence-electron chi connectivity index (χ2n) is 6.11. The third kappa shape index (κ3) is 3.45. The van der Waals surface area contributed by atoms with Gasteiger partial charge in [-0.3, -0.25) is 9.69 Å². The van der Waals surface area contributed by atoms with Gasteiger partial charge in [0.1, 0.15) is 11.5 Å². The van der Waals surface area contributed by atoms with Crippen LogP contribution in [-0.4, -0.2) is 36.7 Å². The molecule has 3 rings (SSSR count). The lowest BCUT2D eigenvalue weighted by atomic mass is 9.94. The van der Waals surface area contributed by atoms with E-state index in [-0.39, 0.29) is 0 Å². The van der Waals surface area contributed by atoms with Crippen molar-refractivity contribution in [2.75, 3.05) is 20.8 Å². The first-order valence-electron chi connectivity index (χ1n) is 8.06. The van der Waals surface area contributed by atoms with Crippen molar-refractivity contribution in [2.45, 2.75) is 19.2 Å². The third-order valence-corrected chi connectivity index (χ3v) is 4.50. The number of hydrogen-bond acceptors (Lipinski definition) is 5. The Morgan fingerprint density at radius 3 is 2.40 bits per heavy atom. The van der Waals surface area contributed by atoms with Gasteiger partial charge in [-0.2, -0.15) is 0 Å². The molecule has 25 heavy (non-hydrogen) atoms. The standard InChI is InChI=1S/C19H22N2O4/c1-24-16-7-8-17(25-2)18-14(16)10-21(11-15(18)22)9-12-3-5-13(6-4-12)19(20)23/h3-8,15,22H,9-11H2,1-2H3,(H2,20,23)/t15-/m0/s1. The van der Waals surface area contributed by atoms with Crippen LogP contribution in [0.4, 0.5) is 0 Å². The fourth-order valence-corrected chi connectivity index (χ4v) is 3.30. The molecule has 0 saturated carbocycles. The van der Waals surface area contributed by atoms with Crippen LogP contribution in [0.5, 0.6) is 11.5 Å². The summed E-state index contributed by atoms with van der Waals surface area (Å²) in [5.41, 5.74) is 8.53. The van der Waals surface area contributed by atoms with Crippen LogP contribution in [0, 0.1) is 0 Å². The lowest BCUT2D eigenvalue weighted by molar-refractivity contribution is 0.0843. The van der Waals surface area contributed by atoms with Crippen LogP contribution in [0.2, 0.25) is 0 Å². The zero-order valence-electron chi connectivity index (χ0n) is 14.4. The minimum Gasteiger partial charge on any atom is -0.496 e. The average Bonchev–Trinajstić information content (AvgIpc) is 2.61. The number of amides is 1. The summed E-state index contributed by atoms with van der Waals surface area (Å²) in [5.74, 6) is 0.975. The van der Waals surface area contributed by atoms with Crippen LogP contribution in [0.3, 0.4) is 0 Å². The predicted octanol–water partition coefficient (Wildman–Crippen LogP) is 1.85. The molecule has 0 spiro atoms. The van der Waals surface area contributed by atoms with Crippen LogP contribution in [0.15, 0.2) is 36.4 Å². The van der Waals surface area contributed by atoms with Crippen molar-refractivity contribution in [1.82, 2.24) is 4.90 Å². The molecule has 1 atom stereocenters. The summed E-state index contributed by atoms with van der Waals surface area (Å²) in [6.45, 7) is 1.79. The van der Waals surface area contributed by atoms with Crippen molar-refractivity contribution in [1.29, 1.82) is 0 Å². The largest absolute Gasteiger partial charge is 0.496 e. The molecule has 2 aromatic rings. The number of aliphatic hydroxyl groups excluding tert-OH is 1. The Morgan fingerprint density at radius 1 is 1.16 bits per heavy atom. The second kappa shape index (κ2) is 7.13. The molecule has 0 aromatic heterocycles. The van der Waals surface area contributed by atoms with Crippen LogP contribution >= 0.6 is 0 Å². The van der Waals surface area contributed by atoms with Crippen molar-refractivity contribution in [2.24, 2.45) is 5.73 Å². The van der Waals surface area contributed by atoms with Crippen molar-refractivity contribution in [3.05, 3.63) is 58.7 Å². The summed E-state index contributed by atoms with van der Waals surface area (Å²) >= 11 is 0. The van der Waals surface area contributed by atoms with Crippen molar-refractivity contribution < 1.29 is 19.4 Å². The number of aliphatic hydroxyl groups is 1. The van der Waals surface area contributed by atoms with Crippen molar-refractivity contribution in [3.8, 4) is 11.5 Å². The molecule has 132 valence electrons. The highest BCUT2D eigenvalue weighted by atomic mass is 16.5. The molecule has 0 saturated heterocycles. The van der Waals surface area contributed by atoms with E-state index < -0.39 is 12.0 Å². The highest BCUT2D eigenvalue weighted by Crippen LogP contribution is 2.39. The molecule has 6 heteroatoms. The third-order valence-electron chi connectivity index (χ3n) is 4.50. The summed E-state index contributed by atoms with van der Waals surface area (Å²) < 4.78 is 10.9. The Morgan fingerprint density at radius 2 is 1.80 bits per heavy atom. The van der Waals surface area contributed by atoms with Crippen LogP contribution in [0.1, 0.15) is 33.2 Å². The predicted molar refractivity (Wildman–Crippen MR) is 93.6 cm³/mol. The van der Waals surface area contributed by atoms with E-state index in [1.165, 1.54) is 0 Å². The highest BCUT2D eigenvalue weighted by molar-refractivity contribution is 5.92. The summed E-state index contributed by atoms with van der Waals surface area (Å²) in [4.78, 5) is 13.3. The molecular formula is C19H22N2O4. The molecule has 0 bridgehead atoms. The topological polar surface area (TPSA) is 85.0 Å². The summed E-state index contributed by atoms with van der Waals surface area (Å²) in [5, 5.41) is 10.6. The van der Waals surface area contributed by atoms with Crippen molar-refractivity contribution in [3.63, 3.8) is 0 Å². The zero-order valence-corrected chi connectivity index (χ0v) is 14.4. The quantitative estimate of drug-likeness (QED) is 0.866. The molecule has 0 unspecified atom stereocenters. The van der Waals surface area contributed by atoms with Crippen molar-refractivity contribution >= 4 is 5.91 Å². The molecule has 1 amide bonds. The maximum atomic E-state index is 11.2. The van der Waals surface area contributed by atoms with Gasteiger partial charge in [0, 0.05) is 36.3 Å². The van der Waals surface area contributed by atoms with Gasteiger partial charge in [-0.25, -0.2) is 0 Å². The average molecular weight is 342 g/mol.